The number of para-hydroxylation sites is 2. The summed E-state index contributed by atoms with van der Waals surface area (Å²) >= 11 is 5.99. The number of hydrogen-bond donors (Lipinski definition) is 1. The van der Waals surface area contributed by atoms with E-state index in [4.69, 9.17) is 16.3 Å². The smallest absolute Gasteiger partial charge is 0.264 e. The minimum absolute atomic E-state index is 0.0615. The fraction of sp³-hybridized carbons (Fsp3) is 0.136. The number of anilines is 2. The first-order chi connectivity index (χ1) is 14.2. The summed E-state index contributed by atoms with van der Waals surface area (Å²) in [6, 6.07) is 17.8. The molecule has 0 aliphatic heterocycles. The molecule has 0 fully saturated rings. The lowest BCUT2D eigenvalue weighted by Gasteiger charge is -2.21. The summed E-state index contributed by atoms with van der Waals surface area (Å²) in [6.45, 7) is 1.86. The molecule has 0 aliphatic rings. The van der Waals surface area contributed by atoms with Crippen molar-refractivity contribution >= 4 is 38.9 Å². The highest BCUT2D eigenvalue weighted by Crippen LogP contribution is 2.31. The Morgan fingerprint density at radius 3 is 2.37 bits per heavy atom. The van der Waals surface area contributed by atoms with Crippen molar-refractivity contribution in [2.24, 2.45) is 0 Å². The summed E-state index contributed by atoms with van der Waals surface area (Å²) in [5.74, 6) is 0.0823. The molecule has 1 N–H and O–H groups in total. The first-order valence-electron chi connectivity index (χ1n) is 9.03. The molecule has 30 heavy (non-hydrogen) atoms. The predicted octanol–water partition coefficient (Wildman–Crippen LogP) is 4.73. The molecule has 0 aromatic heterocycles. The standard InChI is InChI=1S/C22H21ClN2O4S/c1-15-8-11-17(23)14-19(15)24-22(26)16-9-12-18(13-10-16)30(27,28)25(2)20-6-4-5-7-21(20)29-3/h4-14H,1-3H3,(H,24,26). The molecule has 0 atom stereocenters. The third kappa shape index (κ3) is 4.42. The molecule has 0 spiro atoms. The number of sulfonamides is 1. The Balaban J connectivity index is 1.83. The van der Waals surface area contributed by atoms with Crippen LogP contribution in [0.25, 0.3) is 0 Å². The van der Waals surface area contributed by atoms with Gasteiger partial charge in [0.15, 0.2) is 0 Å². The minimum atomic E-state index is -3.83. The number of carbonyl (C=O) groups excluding carboxylic acids is 1. The van der Waals surface area contributed by atoms with Gasteiger partial charge >= 0.3 is 0 Å². The molecule has 0 heterocycles. The van der Waals surface area contributed by atoms with Crippen molar-refractivity contribution < 1.29 is 17.9 Å². The van der Waals surface area contributed by atoms with Crippen molar-refractivity contribution in [3.05, 3.63) is 82.9 Å². The Morgan fingerprint density at radius 1 is 1.03 bits per heavy atom. The number of aryl methyl sites for hydroxylation is 1. The Kier molecular flexibility index (Phi) is 6.34. The SMILES string of the molecule is COc1ccccc1N(C)S(=O)(=O)c1ccc(C(=O)Nc2cc(Cl)ccc2C)cc1. The number of halogens is 1. The molecule has 0 bridgehead atoms. The molecular weight excluding hydrogens is 424 g/mol. The van der Waals surface area contributed by atoms with Crippen LogP contribution in [0.2, 0.25) is 5.02 Å². The average molecular weight is 445 g/mol. The summed E-state index contributed by atoms with van der Waals surface area (Å²) < 4.78 is 32.4. The van der Waals surface area contributed by atoms with Crippen LogP contribution >= 0.6 is 11.6 Å². The number of amides is 1. The Labute approximate surface area is 181 Å². The fourth-order valence-corrected chi connectivity index (χ4v) is 4.26. The van der Waals surface area contributed by atoms with Crippen LogP contribution in [0.5, 0.6) is 5.75 Å². The summed E-state index contributed by atoms with van der Waals surface area (Å²) in [5, 5.41) is 3.30. The number of carbonyl (C=O) groups is 1. The van der Waals surface area contributed by atoms with Crippen LogP contribution in [0.1, 0.15) is 15.9 Å². The molecule has 3 aromatic rings. The van der Waals surface area contributed by atoms with Gasteiger partial charge in [-0.15, -0.1) is 0 Å². The molecule has 1 amide bonds. The lowest BCUT2D eigenvalue weighted by Crippen LogP contribution is -2.27. The number of nitrogens with zero attached hydrogens (tertiary/aromatic N) is 1. The third-order valence-corrected chi connectivity index (χ3v) is 6.67. The van der Waals surface area contributed by atoms with E-state index in [1.807, 2.05) is 6.92 Å². The molecule has 0 radical (unpaired) electrons. The maximum atomic E-state index is 13.0. The van der Waals surface area contributed by atoms with E-state index in [-0.39, 0.29) is 10.8 Å². The maximum Gasteiger partial charge on any atom is 0.264 e. The van der Waals surface area contributed by atoms with Gasteiger partial charge in [-0.1, -0.05) is 29.8 Å². The summed E-state index contributed by atoms with van der Waals surface area (Å²) in [7, 11) is -0.900. The normalized spacial score (nSPS) is 11.1. The topological polar surface area (TPSA) is 75.7 Å². The zero-order chi connectivity index (χ0) is 21.9. The second-order valence-corrected chi connectivity index (χ2v) is 8.99. The molecule has 8 heteroatoms. The molecule has 3 aromatic carbocycles. The Bertz CT molecular complexity index is 1180. The van der Waals surface area contributed by atoms with E-state index < -0.39 is 10.0 Å². The van der Waals surface area contributed by atoms with Crippen LogP contribution in [0, 0.1) is 6.92 Å². The zero-order valence-corrected chi connectivity index (χ0v) is 18.3. The molecule has 6 nitrogen and oxygen atoms in total. The third-order valence-electron chi connectivity index (χ3n) is 4.65. The number of rotatable bonds is 6. The van der Waals surface area contributed by atoms with Gasteiger partial charge in [-0.25, -0.2) is 8.42 Å². The van der Waals surface area contributed by atoms with Crippen LogP contribution in [0.4, 0.5) is 11.4 Å². The summed E-state index contributed by atoms with van der Waals surface area (Å²) in [4.78, 5) is 12.6. The molecule has 0 saturated carbocycles. The number of ether oxygens (including phenoxy) is 1. The number of benzene rings is 3. The van der Waals surface area contributed by atoms with Crippen LogP contribution in [-0.4, -0.2) is 28.5 Å². The van der Waals surface area contributed by atoms with Gasteiger partial charge in [-0.05, 0) is 61.0 Å². The van der Waals surface area contributed by atoms with Crippen LogP contribution in [0.3, 0.4) is 0 Å². The zero-order valence-electron chi connectivity index (χ0n) is 16.7. The molecule has 0 aliphatic carbocycles. The van der Waals surface area contributed by atoms with Crippen molar-refractivity contribution in [3.8, 4) is 5.75 Å². The largest absolute Gasteiger partial charge is 0.495 e. The summed E-state index contributed by atoms with van der Waals surface area (Å²) in [5.41, 5.74) is 2.21. The molecule has 3 rings (SSSR count). The van der Waals surface area contributed by atoms with Gasteiger partial charge in [0.05, 0.1) is 17.7 Å². The van der Waals surface area contributed by atoms with Gasteiger partial charge in [0.25, 0.3) is 15.9 Å². The van der Waals surface area contributed by atoms with Gasteiger partial charge in [-0.3, -0.25) is 9.10 Å². The molecular formula is C22H21ClN2O4S. The van der Waals surface area contributed by atoms with E-state index in [2.05, 4.69) is 5.32 Å². The van der Waals surface area contributed by atoms with Gasteiger partial charge < -0.3 is 10.1 Å². The monoisotopic (exact) mass is 444 g/mol. The van der Waals surface area contributed by atoms with Crippen molar-refractivity contribution in [2.45, 2.75) is 11.8 Å². The Hall–Kier alpha value is -3.03. The summed E-state index contributed by atoms with van der Waals surface area (Å²) in [6.07, 6.45) is 0. The number of nitrogens with one attached hydrogen (secondary N) is 1. The quantitative estimate of drug-likeness (QED) is 0.596. The predicted molar refractivity (Wildman–Crippen MR) is 119 cm³/mol. The Morgan fingerprint density at radius 2 is 1.70 bits per heavy atom. The van der Waals surface area contributed by atoms with Gasteiger partial charge in [0.1, 0.15) is 5.75 Å². The van der Waals surface area contributed by atoms with E-state index >= 15 is 0 Å². The number of methoxy groups -OCH3 is 1. The highest BCUT2D eigenvalue weighted by atomic mass is 35.5. The van der Waals surface area contributed by atoms with E-state index in [1.54, 1.807) is 42.5 Å². The van der Waals surface area contributed by atoms with Crippen LogP contribution < -0.4 is 14.4 Å². The first kappa shape index (κ1) is 21.7. The van der Waals surface area contributed by atoms with Gasteiger partial charge in [-0.2, -0.15) is 0 Å². The van der Waals surface area contributed by atoms with Gasteiger partial charge in [0.2, 0.25) is 0 Å². The van der Waals surface area contributed by atoms with E-state index in [0.29, 0.717) is 27.7 Å². The maximum absolute atomic E-state index is 13.0. The first-order valence-corrected chi connectivity index (χ1v) is 10.9. The second-order valence-electron chi connectivity index (χ2n) is 6.58. The minimum Gasteiger partial charge on any atom is -0.495 e. The lowest BCUT2D eigenvalue weighted by molar-refractivity contribution is 0.102. The molecule has 156 valence electrons. The highest BCUT2D eigenvalue weighted by molar-refractivity contribution is 7.92. The van der Waals surface area contributed by atoms with E-state index in [9.17, 15) is 13.2 Å². The van der Waals surface area contributed by atoms with Crippen molar-refractivity contribution in [3.63, 3.8) is 0 Å². The van der Waals surface area contributed by atoms with E-state index in [1.165, 1.54) is 38.4 Å². The molecule has 0 saturated heterocycles. The molecule has 0 unspecified atom stereocenters. The van der Waals surface area contributed by atoms with Crippen molar-refractivity contribution in [2.75, 3.05) is 23.8 Å². The van der Waals surface area contributed by atoms with Crippen LogP contribution in [0.15, 0.2) is 71.6 Å². The lowest BCUT2D eigenvalue weighted by atomic mass is 10.1. The highest BCUT2D eigenvalue weighted by Gasteiger charge is 2.24. The van der Waals surface area contributed by atoms with E-state index in [0.717, 1.165) is 9.87 Å². The van der Waals surface area contributed by atoms with Gasteiger partial charge in [0, 0.05) is 23.3 Å². The van der Waals surface area contributed by atoms with Crippen molar-refractivity contribution in [1.29, 1.82) is 0 Å². The average Bonchev–Trinajstić information content (AvgIpc) is 2.75. The fourth-order valence-electron chi connectivity index (χ4n) is 2.88. The van der Waals surface area contributed by atoms with Crippen LogP contribution in [-0.2, 0) is 10.0 Å². The van der Waals surface area contributed by atoms with Crippen molar-refractivity contribution in [1.82, 2.24) is 0 Å². The number of hydrogen-bond acceptors (Lipinski definition) is 4. The second kappa shape index (κ2) is 8.77.